The quantitative estimate of drug-likeness (QED) is 0.165. The summed E-state index contributed by atoms with van der Waals surface area (Å²) in [5.74, 6) is 0. The van der Waals surface area contributed by atoms with Crippen molar-refractivity contribution >= 4 is 49.6 Å². The summed E-state index contributed by atoms with van der Waals surface area (Å²) >= 11 is 0. The first-order valence-electron chi connectivity index (χ1n) is 19.8. The lowest BCUT2D eigenvalue weighted by atomic mass is 9.82. The van der Waals surface area contributed by atoms with Crippen molar-refractivity contribution in [3.63, 3.8) is 0 Å². The molecule has 0 spiro atoms. The Hall–Kier alpha value is -7.16. The standard InChI is InChI=1S/C55H40N2/c1-55(2)51-35-43(31-33-47(51)48-34-32-44(36-52(48)55)57-53-21-10-8-18-49(53)50-19-9-11-22-54(50)57)56(41-15-4-3-5-16-41)42-29-27-38(28-30-42)37-23-25-40(26-24-37)46-20-12-14-39-13-6-7-17-45(39)46/h3-36H,1-2H3. The number of hydrogen-bond acceptors (Lipinski definition) is 1. The molecule has 9 aromatic carbocycles. The van der Waals surface area contributed by atoms with Gasteiger partial charge >= 0.3 is 0 Å². The Morgan fingerprint density at radius 3 is 1.58 bits per heavy atom. The second-order valence-corrected chi connectivity index (χ2v) is 15.8. The number of benzene rings is 9. The molecule has 1 aliphatic rings. The van der Waals surface area contributed by atoms with Crippen LogP contribution in [0.1, 0.15) is 25.0 Å². The van der Waals surface area contributed by atoms with Gasteiger partial charge in [0.15, 0.2) is 0 Å². The van der Waals surface area contributed by atoms with E-state index in [2.05, 4.69) is 230 Å². The number of rotatable bonds is 6. The van der Waals surface area contributed by atoms with Crippen molar-refractivity contribution in [2.45, 2.75) is 19.3 Å². The number of aromatic nitrogens is 1. The Labute approximate surface area is 333 Å². The van der Waals surface area contributed by atoms with Gasteiger partial charge in [0.2, 0.25) is 0 Å². The Morgan fingerprint density at radius 1 is 0.368 bits per heavy atom. The summed E-state index contributed by atoms with van der Waals surface area (Å²) in [4.78, 5) is 2.39. The predicted octanol–water partition coefficient (Wildman–Crippen LogP) is 15.0. The molecule has 0 unspecified atom stereocenters. The van der Waals surface area contributed by atoms with Gasteiger partial charge in [0.25, 0.3) is 0 Å². The first kappa shape index (κ1) is 33.2. The fraction of sp³-hybridized carbons (Fsp3) is 0.0545. The van der Waals surface area contributed by atoms with E-state index < -0.39 is 0 Å². The summed E-state index contributed by atoms with van der Waals surface area (Å²) in [6, 6.07) is 75.5. The van der Waals surface area contributed by atoms with Gasteiger partial charge in [0.05, 0.1) is 11.0 Å². The molecule has 57 heavy (non-hydrogen) atoms. The SMILES string of the molecule is CC1(C)c2cc(N(c3ccccc3)c3ccc(-c4ccc(-c5cccc6ccccc56)cc4)cc3)ccc2-c2ccc(-n3c4ccccc4c4ccccc43)cc21. The maximum atomic E-state index is 2.43. The highest BCUT2D eigenvalue weighted by Gasteiger charge is 2.36. The summed E-state index contributed by atoms with van der Waals surface area (Å²) in [6.45, 7) is 4.76. The molecule has 10 aromatic rings. The third-order valence-electron chi connectivity index (χ3n) is 12.2. The fourth-order valence-electron chi connectivity index (χ4n) is 9.34. The molecule has 270 valence electrons. The molecule has 0 radical (unpaired) electrons. The molecule has 11 rings (SSSR count). The average Bonchev–Trinajstić information content (AvgIpc) is 3.72. The molecular formula is C55H40N2. The van der Waals surface area contributed by atoms with Gasteiger partial charge in [-0.1, -0.05) is 159 Å². The molecule has 0 N–H and O–H groups in total. The first-order valence-corrected chi connectivity index (χ1v) is 19.8. The number of hydrogen-bond donors (Lipinski definition) is 0. The van der Waals surface area contributed by atoms with Crippen LogP contribution in [0, 0.1) is 0 Å². The van der Waals surface area contributed by atoms with E-state index in [1.165, 1.54) is 82.8 Å². The van der Waals surface area contributed by atoms with E-state index in [0.717, 1.165) is 17.1 Å². The van der Waals surface area contributed by atoms with Crippen molar-refractivity contribution in [2.75, 3.05) is 4.90 Å². The van der Waals surface area contributed by atoms with Gasteiger partial charge in [-0.3, -0.25) is 0 Å². The summed E-state index contributed by atoms with van der Waals surface area (Å²) in [6.07, 6.45) is 0. The van der Waals surface area contributed by atoms with E-state index >= 15 is 0 Å². The van der Waals surface area contributed by atoms with Crippen LogP contribution in [0.2, 0.25) is 0 Å². The molecule has 0 bridgehead atoms. The number of fused-ring (bicyclic) bond motifs is 7. The molecule has 1 aliphatic carbocycles. The minimum absolute atomic E-state index is 0.195. The van der Waals surface area contributed by atoms with Crippen LogP contribution >= 0.6 is 0 Å². The van der Waals surface area contributed by atoms with Gasteiger partial charge in [-0.05, 0) is 116 Å². The predicted molar refractivity (Wildman–Crippen MR) is 241 cm³/mol. The van der Waals surface area contributed by atoms with E-state index in [0.29, 0.717) is 0 Å². The maximum Gasteiger partial charge on any atom is 0.0541 e. The van der Waals surface area contributed by atoms with Crippen LogP contribution in [0.4, 0.5) is 17.1 Å². The van der Waals surface area contributed by atoms with Gasteiger partial charge in [-0.2, -0.15) is 0 Å². The molecule has 0 atom stereocenters. The number of nitrogens with zero attached hydrogens (tertiary/aromatic N) is 2. The van der Waals surface area contributed by atoms with Gasteiger partial charge in [-0.15, -0.1) is 0 Å². The average molecular weight is 729 g/mol. The molecule has 0 saturated carbocycles. The van der Waals surface area contributed by atoms with Crippen molar-refractivity contribution in [1.29, 1.82) is 0 Å². The third-order valence-corrected chi connectivity index (χ3v) is 12.2. The maximum absolute atomic E-state index is 2.43. The van der Waals surface area contributed by atoms with Gasteiger partial charge < -0.3 is 9.47 Å². The Morgan fingerprint density at radius 2 is 0.877 bits per heavy atom. The van der Waals surface area contributed by atoms with Crippen LogP contribution in [0.15, 0.2) is 206 Å². The molecule has 2 nitrogen and oxygen atoms in total. The van der Waals surface area contributed by atoms with E-state index in [1.807, 2.05) is 0 Å². The second-order valence-electron chi connectivity index (χ2n) is 15.8. The minimum atomic E-state index is -0.195. The number of anilines is 3. The molecule has 0 aliphatic heterocycles. The van der Waals surface area contributed by atoms with Crippen LogP contribution in [-0.2, 0) is 5.41 Å². The third kappa shape index (κ3) is 5.33. The van der Waals surface area contributed by atoms with Crippen molar-refractivity contribution in [1.82, 2.24) is 4.57 Å². The highest BCUT2D eigenvalue weighted by atomic mass is 15.1. The smallest absolute Gasteiger partial charge is 0.0541 e. The summed E-state index contributed by atoms with van der Waals surface area (Å²) < 4.78 is 2.43. The van der Waals surface area contributed by atoms with Gasteiger partial charge in [-0.25, -0.2) is 0 Å². The van der Waals surface area contributed by atoms with E-state index in [4.69, 9.17) is 0 Å². The highest BCUT2D eigenvalue weighted by molar-refractivity contribution is 6.09. The molecule has 0 saturated heterocycles. The Kier molecular flexibility index (Phi) is 7.55. The molecule has 0 fully saturated rings. The molecule has 2 heteroatoms. The van der Waals surface area contributed by atoms with E-state index in [1.54, 1.807) is 0 Å². The summed E-state index contributed by atoms with van der Waals surface area (Å²) in [5, 5.41) is 5.11. The lowest BCUT2D eigenvalue weighted by Gasteiger charge is -2.28. The normalized spacial score (nSPS) is 12.9. The zero-order valence-corrected chi connectivity index (χ0v) is 32.0. The van der Waals surface area contributed by atoms with Crippen LogP contribution in [0.25, 0.3) is 71.6 Å². The first-order chi connectivity index (χ1) is 28.0. The Bertz CT molecular complexity index is 3070. The second kappa shape index (κ2) is 13.0. The van der Waals surface area contributed by atoms with Crippen LogP contribution < -0.4 is 4.90 Å². The summed E-state index contributed by atoms with van der Waals surface area (Å²) in [7, 11) is 0. The summed E-state index contributed by atoms with van der Waals surface area (Å²) in [5.41, 5.74) is 17.1. The van der Waals surface area contributed by atoms with Gasteiger partial charge in [0.1, 0.15) is 0 Å². The largest absolute Gasteiger partial charge is 0.310 e. The van der Waals surface area contributed by atoms with Crippen molar-refractivity contribution in [3.8, 4) is 39.1 Å². The van der Waals surface area contributed by atoms with E-state index in [-0.39, 0.29) is 5.41 Å². The molecule has 1 aromatic heterocycles. The van der Waals surface area contributed by atoms with Crippen molar-refractivity contribution in [2.24, 2.45) is 0 Å². The monoisotopic (exact) mass is 728 g/mol. The molecule has 1 heterocycles. The lowest BCUT2D eigenvalue weighted by Crippen LogP contribution is -2.17. The van der Waals surface area contributed by atoms with E-state index in [9.17, 15) is 0 Å². The van der Waals surface area contributed by atoms with Gasteiger partial charge in [0, 0.05) is 38.9 Å². The lowest BCUT2D eigenvalue weighted by molar-refractivity contribution is 0.660. The fourth-order valence-corrected chi connectivity index (χ4v) is 9.34. The van der Waals surface area contributed by atoms with Crippen LogP contribution in [0.3, 0.4) is 0 Å². The molecule has 0 amide bonds. The van der Waals surface area contributed by atoms with Crippen molar-refractivity contribution < 1.29 is 0 Å². The molecular weight excluding hydrogens is 689 g/mol. The topological polar surface area (TPSA) is 8.17 Å². The minimum Gasteiger partial charge on any atom is -0.310 e. The number of para-hydroxylation sites is 3. The van der Waals surface area contributed by atoms with Crippen LogP contribution in [0.5, 0.6) is 0 Å². The zero-order valence-electron chi connectivity index (χ0n) is 32.0. The van der Waals surface area contributed by atoms with Crippen LogP contribution in [-0.4, -0.2) is 4.57 Å². The van der Waals surface area contributed by atoms with Crippen molar-refractivity contribution in [3.05, 3.63) is 217 Å². The Balaban J connectivity index is 0.946. The highest BCUT2D eigenvalue weighted by Crippen LogP contribution is 2.51. The zero-order chi connectivity index (χ0) is 38.1.